The molecule has 5 aliphatic rings. The van der Waals surface area contributed by atoms with Gasteiger partial charge in [0.05, 0.1) is 5.41 Å². The molecule has 1 N–H and O–H groups in total. The second kappa shape index (κ2) is 7.95. The fourth-order valence-corrected chi connectivity index (χ4v) is 7.08. The standard InChI is InChI=1S/C25H32N2O4/c1-16-4-2-5-20(8-16)26-22(28)15-31-23(29)21-6-3-7-27(21)24(30)25-12-17-9-18(13-25)11-19(10-17)14-25/h2,4-5,8,17-19,21H,3,6-7,9-15H2,1H3,(H,26,28)/t17?,18?,19?,21-,25?/m0/s1. The summed E-state index contributed by atoms with van der Waals surface area (Å²) in [5.74, 6) is 1.43. The maximum Gasteiger partial charge on any atom is 0.329 e. The minimum Gasteiger partial charge on any atom is -0.454 e. The number of likely N-dealkylation sites (tertiary alicyclic amines) is 1. The lowest BCUT2D eigenvalue weighted by atomic mass is 9.49. The molecule has 4 aliphatic carbocycles. The Hall–Kier alpha value is -2.37. The van der Waals surface area contributed by atoms with Gasteiger partial charge in [-0.1, -0.05) is 12.1 Å². The van der Waals surface area contributed by atoms with Crippen LogP contribution in [0.4, 0.5) is 5.69 Å². The third kappa shape index (κ3) is 3.97. The molecule has 2 amide bonds. The Morgan fingerprint density at radius 1 is 1.10 bits per heavy atom. The average Bonchev–Trinajstić information content (AvgIpc) is 3.20. The van der Waals surface area contributed by atoms with E-state index in [1.54, 1.807) is 11.0 Å². The van der Waals surface area contributed by atoms with Gasteiger partial charge < -0.3 is 15.0 Å². The molecule has 1 atom stereocenters. The molecule has 4 saturated carbocycles. The van der Waals surface area contributed by atoms with Crippen molar-refractivity contribution in [3.8, 4) is 0 Å². The molecular weight excluding hydrogens is 392 g/mol. The van der Waals surface area contributed by atoms with E-state index in [2.05, 4.69) is 5.32 Å². The minimum atomic E-state index is -0.549. The zero-order valence-corrected chi connectivity index (χ0v) is 18.3. The van der Waals surface area contributed by atoms with E-state index in [0.717, 1.165) is 31.2 Å². The number of nitrogens with one attached hydrogen (secondary N) is 1. The van der Waals surface area contributed by atoms with Crippen LogP contribution in [-0.4, -0.2) is 41.9 Å². The molecule has 31 heavy (non-hydrogen) atoms. The first-order chi connectivity index (χ1) is 14.9. The van der Waals surface area contributed by atoms with E-state index in [1.807, 2.05) is 25.1 Å². The van der Waals surface area contributed by atoms with Crippen LogP contribution in [0, 0.1) is 30.1 Å². The smallest absolute Gasteiger partial charge is 0.329 e. The summed E-state index contributed by atoms with van der Waals surface area (Å²) in [6.07, 6.45) is 8.28. The van der Waals surface area contributed by atoms with E-state index in [1.165, 1.54) is 19.3 Å². The van der Waals surface area contributed by atoms with Crippen LogP contribution in [0.2, 0.25) is 0 Å². The molecule has 0 spiro atoms. The number of rotatable bonds is 5. The van der Waals surface area contributed by atoms with E-state index in [9.17, 15) is 14.4 Å². The van der Waals surface area contributed by atoms with Crippen LogP contribution in [0.3, 0.4) is 0 Å². The molecule has 1 aromatic carbocycles. The summed E-state index contributed by atoms with van der Waals surface area (Å²) in [4.78, 5) is 40.5. The van der Waals surface area contributed by atoms with Crippen LogP contribution in [0.5, 0.6) is 0 Å². The predicted octanol–water partition coefficient (Wildman–Crippen LogP) is 3.68. The Kier molecular flexibility index (Phi) is 5.27. The number of anilines is 1. The van der Waals surface area contributed by atoms with Gasteiger partial charge in [-0.05, 0) is 93.7 Å². The molecule has 0 aromatic heterocycles. The van der Waals surface area contributed by atoms with Gasteiger partial charge in [0, 0.05) is 12.2 Å². The fourth-order valence-electron chi connectivity index (χ4n) is 7.08. The van der Waals surface area contributed by atoms with E-state index in [4.69, 9.17) is 4.74 Å². The average molecular weight is 425 g/mol. The van der Waals surface area contributed by atoms with Crippen molar-refractivity contribution in [1.82, 2.24) is 4.90 Å². The van der Waals surface area contributed by atoms with Gasteiger partial charge in [0.2, 0.25) is 5.91 Å². The number of nitrogens with zero attached hydrogens (tertiary/aromatic N) is 1. The van der Waals surface area contributed by atoms with E-state index in [-0.39, 0.29) is 23.8 Å². The number of hydrogen-bond donors (Lipinski definition) is 1. The van der Waals surface area contributed by atoms with Gasteiger partial charge in [-0.3, -0.25) is 9.59 Å². The summed E-state index contributed by atoms with van der Waals surface area (Å²) in [7, 11) is 0. The number of aryl methyl sites for hydroxylation is 1. The molecule has 1 saturated heterocycles. The quantitative estimate of drug-likeness (QED) is 0.732. The largest absolute Gasteiger partial charge is 0.454 e. The number of carbonyl (C=O) groups excluding carboxylic acids is 3. The molecular formula is C25H32N2O4. The fraction of sp³-hybridized carbons (Fsp3) is 0.640. The number of esters is 1. The number of hydrogen-bond acceptors (Lipinski definition) is 4. The first-order valence-corrected chi connectivity index (χ1v) is 11.8. The van der Waals surface area contributed by atoms with Crippen molar-refractivity contribution in [1.29, 1.82) is 0 Å². The molecule has 0 unspecified atom stereocenters. The number of amides is 2. The van der Waals surface area contributed by atoms with E-state index in [0.29, 0.717) is 36.4 Å². The molecule has 1 aliphatic heterocycles. The first-order valence-electron chi connectivity index (χ1n) is 11.8. The van der Waals surface area contributed by atoms with Gasteiger partial charge >= 0.3 is 5.97 Å². The van der Waals surface area contributed by atoms with Crippen LogP contribution >= 0.6 is 0 Å². The lowest BCUT2D eigenvalue weighted by Crippen LogP contribution is -2.56. The van der Waals surface area contributed by atoms with Crippen molar-refractivity contribution in [2.24, 2.45) is 23.2 Å². The van der Waals surface area contributed by atoms with Gasteiger partial charge in [-0.15, -0.1) is 0 Å². The topological polar surface area (TPSA) is 75.7 Å². The Balaban J connectivity index is 1.19. The summed E-state index contributed by atoms with van der Waals surface area (Å²) in [5, 5.41) is 2.75. The molecule has 1 heterocycles. The van der Waals surface area contributed by atoms with Crippen LogP contribution in [0.15, 0.2) is 24.3 Å². The molecule has 6 heteroatoms. The van der Waals surface area contributed by atoms with Crippen molar-refractivity contribution < 1.29 is 19.1 Å². The minimum absolute atomic E-state index is 0.176. The number of carbonyl (C=O) groups is 3. The Labute approximate surface area is 183 Å². The molecule has 4 bridgehead atoms. The van der Waals surface area contributed by atoms with Crippen LogP contribution < -0.4 is 5.32 Å². The number of ether oxygens (including phenoxy) is 1. The number of benzene rings is 1. The Bertz CT molecular complexity index is 860. The third-order valence-corrected chi connectivity index (χ3v) is 7.93. The summed E-state index contributed by atoms with van der Waals surface area (Å²) < 4.78 is 5.34. The van der Waals surface area contributed by atoms with Crippen molar-refractivity contribution in [3.05, 3.63) is 29.8 Å². The van der Waals surface area contributed by atoms with Crippen molar-refractivity contribution >= 4 is 23.5 Å². The lowest BCUT2D eigenvalue weighted by molar-refractivity contribution is -0.165. The molecule has 0 radical (unpaired) electrons. The SMILES string of the molecule is Cc1cccc(NC(=O)COC(=O)[C@@H]2CCCN2C(=O)C23CC4CC(CC(C4)C2)C3)c1. The third-order valence-electron chi connectivity index (χ3n) is 7.93. The van der Waals surface area contributed by atoms with Gasteiger partial charge in [-0.2, -0.15) is 0 Å². The lowest BCUT2D eigenvalue weighted by Gasteiger charge is -2.56. The maximum atomic E-state index is 13.7. The maximum absolute atomic E-state index is 13.7. The predicted molar refractivity (Wildman–Crippen MR) is 116 cm³/mol. The summed E-state index contributed by atoms with van der Waals surface area (Å²) in [5.41, 5.74) is 1.47. The molecule has 1 aromatic rings. The van der Waals surface area contributed by atoms with Gasteiger partial charge in [0.15, 0.2) is 6.61 Å². The van der Waals surface area contributed by atoms with Gasteiger partial charge in [0.1, 0.15) is 6.04 Å². The Morgan fingerprint density at radius 2 is 1.77 bits per heavy atom. The molecule has 166 valence electrons. The monoisotopic (exact) mass is 424 g/mol. The highest BCUT2D eigenvalue weighted by Gasteiger charge is 2.57. The van der Waals surface area contributed by atoms with Gasteiger partial charge in [-0.25, -0.2) is 4.79 Å². The summed E-state index contributed by atoms with van der Waals surface area (Å²) >= 11 is 0. The van der Waals surface area contributed by atoms with Crippen LogP contribution in [0.25, 0.3) is 0 Å². The normalized spacial score (nSPS) is 33.4. The summed E-state index contributed by atoms with van der Waals surface area (Å²) in [6, 6.07) is 6.93. The highest BCUT2D eigenvalue weighted by molar-refractivity contribution is 5.94. The molecule has 6 rings (SSSR count). The second-order valence-corrected chi connectivity index (χ2v) is 10.4. The zero-order chi connectivity index (χ0) is 21.6. The van der Waals surface area contributed by atoms with Crippen molar-refractivity contribution in [3.63, 3.8) is 0 Å². The van der Waals surface area contributed by atoms with Crippen LogP contribution in [-0.2, 0) is 19.1 Å². The highest BCUT2D eigenvalue weighted by atomic mass is 16.5. The first kappa shape index (κ1) is 20.5. The van der Waals surface area contributed by atoms with E-state index < -0.39 is 12.0 Å². The van der Waals surface area contributed by atoms with E-state index >= 15 is 0 Å². The van der Waals surface area contributed by atoms with Crippen LogP contribution in [0.1, 0.15) is 56.9 Å². The zero-order valence-electron chi connectivity index (χ0n) is 18.3. The molecule has 6 nitrogen and oxygen atoms in total. The Morgan fingerprint density at radius 3 is 2.42 bits per heavy atom. The van der Waals surface area contributed by atoms with Crippen molar-refractivity contribution in [2.75, 3.05) is 18.5 Å². The van der Waals surface area contributed by atoms with Gasteiger partial charge in [0.25, 0.3) is 5.91 Å². The second-order valence-electron chi connectivity index (χ2n) is 10.4. The van der Waals surface area contributed by atoms with Crippen molar-refractivity contribution in [2.45, 2.75) is 64.3 Å². The highest BCUT2D eigenvalue weighted by Crippen LogP contribution is 2.60. The summed E-state index contributed by atoms with van der Waals surface area (Å²) in [6.45, 7) is 2.24. The molecule has 5 fully saturated rings.